The lowest BCUT2D eigenvalue weighted by Gasteiger charge is -2.08. The Labute approximate surface area is 125 Å². The van der Waals surface area contributed by atoms with E-state index in [1.54, 1.807) is 0 Å². The third kappa shape index (κ3) is 3.87. The lowest BCUT2D eigenvalue weighted by atomic mass is 10.2. The van der Waals surface area contributed by atoms with Crippen molar-refractivity contribution < 1.29 is 4.74 Å². The van der Waals surface area contributed by atoms with Crippen molar-refractivity contribution in [2.24, 2.45) is 5.73 Å². The summed E-state index contributed by atoms with van der Waals surface area (Å²) in [6.07, 6.45) is 0. The molecule has 21 heavy (non-hydrogen) atoms. The van der Waals surface area contributed by atoms with Crippen molar-refractivity contribution in [2.75, 3.05) is 13.2 Å². The minimum atomic E-state index is 0.363. The maximum Gasteiger partial charge on any atom is 0.120 e. The highest BCUT2D eigenvalue weighted by Gasteiger charge is 2.06. The van der Waals surface area contributed by atoms with E-state index in [0.29, 0.717) is 13.2 Å². The Balaban J connectivity index is 1.95. The van der Waals surface area contributed by atoms with Gasteiger partial charge in [0.25, 0.3) is 0 Å². The molecule has 0 saturated heterocycles. The maximum absolute atomic E-state index is 5.77. The molecule has 0 atom stereocenters. The van der Waals surface area contributed by atoms with E-state index < -0.39 is 0 Å². The summed E-state index contributed by atoms with van der Waals surface area (Å²) in [5.74, 6) is 6.66. The summed E-state index contributed by atoms with van der Waals surface area (Å²) in [6, 6.07) is 7.73. The Bertz CT molecular complexity index is 677. The quantitative estimate of drug-likeness (QED) is 0.875. The maximum atomic E-state index is 5.77. The van der Waals surface area contributed by atoms with Gasteiger partial charge in [-0.3, -0.25) is 4.68 Å². The summed E-state index contributed by atoms with van der Waals surface area (Å²) in [6.45, 7) is 7.88. The van der Waals surface area contributed by atoms with E-state index in [0.717, 1.165) is 23.6 Å². The van der Waals surface area contributed by atoms with E-state index in [1.165, 1.54) is 11.3 Å². The monoisotopic (exact) mass is 283 g/mol. The minimum Gasteiger partial charge on any atom is -0.492 e. The molecule has 0 amide bonds. The SMILES string of the molecule is Cc1nn(CCOc2cccc(C#CCN)c2)c(C)c1C. The molecule has 2 aromatic rings. The van der Waals surface area contributed by atoms with Crippen LogP contribution in [0.25, 0.3) is 0 Å². The highest BCUT2D eigenvalue weighted by Crippen LogP contribution is 2.14. The first-order valence-electron chi connectivity index (χ1n) is 7.04. The van der Waals surface area contributed by atoms with Crippen LogP contribution >= 0.6 is 0 Å². The summed E-state index contributed by atoms with van der Waals surface area (Å²) in [7, 11) is 0. The molecule has 110 valence electrons. The van der Waals surface area contributed by atoms with Gasteiger partial charge in [-0.2, -0.15) is 5.10 Å². The summed E-state index contributed by atoms with van der Waals surface area (Å²) < 4.78 is 7.76. The molecule has 0 aliphatic rings. The summed E-state index contributed by atoms with van der Waals surface area (Å²) in [5, 5.41) is 4.50. The average molecular weight is 283 g/mol. The van der Waals surface area contributed by atoms with Gasteiger partial charge in [0.2, 0.25) is 0 Å². The van der Waals surface area contributed by atoms with Crippen molar-refractivity contribution in [2.45, 2.75) is 27.3 Å². The second kappa shape index (κ2) is 6.96. The molecule has 1 aromatic carbocycles. The van der Waals surface area contributed by atoms with Crippen molar-refractivity contribution >= 4 is 0 Å². The van der Waals surface area contributed by atoms with E-state index in [4.69, 9.17) is 10.5 Å². The molecule has 0 bridgehead atoms. The molecule has 1 aromatic heterocycles. The van der Waals surface area contributed by atoms with Crippen LogP contribution in [0.3, 0.4) is 0 Å². The van der Waals surface area contributed by atoms with E-state index >= 15 is 0 Å². The van der Waals surface area contributed by atoms with Gasteiger partial charge in [0.1, 0.15) is 12.4 Å². The number of aryl methyl sites for hydroxylation is 1. The molecule has 4 heteroatoms. The molecule has 1 heterocycles. The number of hydrogen-bond donors (Lipinski definition) is 1. The van der Waals surface area contributed by atoms with E-state index in [1.807, 2.05) is 35.9 Å². The Kier molecular flexibility index (Phi) is 5.02. The summed E-state index contributed by atoms with van der Waals surface area (Å²) in [5.41, 5.74) is 9.80. The third-order valence-electron chi connectivity index (χ3n) is 3.48. The molecule has 0 aliphatic heterocycles. The predicted molar refractivity (Wildman–Crippen MR) is 84.3 cm³/mol. The minimum absolute atomic E-state index is 0.363. The number of rotatable bonds is 4. The van der Waals surface area contributed by atoms with Crippen molar-refractivity contribution in [1.82, 2.24) is 9.78 Å². The first-order valence-corrected chi connectivity index (χ1v) is 7.04. The van der Waals surface area contributed by atoms with Gasteiger partial charge in [-0.05, 0) is 44.5 Å². The second-order valence-corrected chi connectivity index (χ2v) is 4.90. The zero-order valence-electron chi connectivity index (χ0n) is 12.8. The fourth-order valence-corrected chi connectivity index (χ4v) is 2.07. The smallest absolute Gasteiger partial charge is 0.120 e. The second-order valence-electron chi connectivity index (χ2n) is 4.90. The Hall–Kier alpha value is -2.25. The molecule has 4 nitrogen and oxygen atoms in total. The molecule has 0 fully saturated rings. The van der Waals surface area contributed by atoms with Crippen molar-refractivity contribution in [1.29, 1.82) is 0 Å². The highest BCUT2D eigenvalue weighted by molar-refractivity contribution is 5.39. The summed E-state index contributed by atoms with van der Waals surface area (Å²) in [4.78, 5) is 0. The van der Waals surface area contributed by atoms with Gasteiger partial charge < -0.3 is 10.5 Å². The van der Waals surface area contributed by atoms with Crippen LogP contribution in [-0.4, -0.2) is 22.9 Å². The number of nitrogens with two attached hydrogens (primary N) is 1. The number of aromatic nitrogens is 2. The standard InChI is InChI=1S/C17H21N3O/c1-13-14(2)19-20(15(13)3)10-11-21-17-8-4-6-16(12-17)7-5-9-18/h4,6,8,12H,9-11,18H2,1-3H3. The molecule has 2 rings (SSSR count). The Morgan fingerprint density at radius 2 is 2.10 bits per heavy atom. The van der Waals surface area contributed by atoms with E-state index in [2.05, 4.69) is 30.8 Å². The van der Waals surface area contributed by atoms with E-state index in [-0.39, 0.29) is 0 Å². The van der Waals surface area contributed by atoms with Crippen LogP contribution in [0.5, 0.6) is 5.75 Å². The van der Waals surface area contributed by atoms with Crippen LogP contribution < -0.4 is 10.5 Å². The molecule has 0 unspecified atom stereocenters. The van der Waals surface area contributed by atoms with Crippen LogP contribution in [0.1, 0.15) is 22.5 Å². The zero-order chi connectivity index (χ0) is 15.2. The Morgan fingerprint density at radius 3 is 2.76 bits per heavy atom. The number of benzene rings is 1. The number of nitrogens with zero attached hydrogens (tertiary/aromatic N) is 2. The molecule has 0 spiro atoms. The van der Waals surface area contributed by atoms with Gasteiger partial charge in [-0.15, -0.1) is 0 Å². The van der Waals surface area contributed by atoms with Gasteiger partial charge >= 0.3 is 0 Å². The molecule has 0 radical (unpaired) electrons. The van der Waals surface area contributed by atoms with Crippen LogP contribution in [0.2, 0.25) is 0 Å². The molecule has 0 saturated carbocycles. The molecular formula is C17H21N3O. The van der Waals surface area contributed by atoms with E-state index in [9.17, 15) is 0 Å². The van der Waals surface area contributed by atoms with Crippen LogP contribution in [0, 0.1) is 32.6 Å². The molecule has 2 N–H and O–H groups in total. The van der Waals surface area contributed by atoms with Gasteiger partial charge in [0.05, 0.1) is 18.8 Å². The van der Waals surface area contributed by atoms with Gasteiger partial charge in [-0.25, -0.2) is 0 Å². The fraction of sp³-hybridized carbons (Fsp3) is 0.353. The van der Waals surface area contributed by atoms with Crippen molar-refractivity contribution in [3.63, 3.8) is 0 Å². The van der Waals surface area contributed by atoms with Gasteiger partial charge in [-0.1, -0.05) is 17.9 Å². The first-order chi connectivity index (χ1) is 10.1. The van der Waals surface area contributed by atoms with Crippen molar-refractivity contribution in [3.8, 4) is 17.6 Å². The lowest BCUT2D eigenvalue weighted by molar-refractivity contribution is 0.289. The van der Waals surface area contributed by atoms with Gasteiger partial charge in [0, 0.05) is 11.3 Å². The number of hydrogen-bond acceptors (Lipinski definition) is 3. The van der Waals surface area contributed by atoms with Crippen LogP contribution in [0.4, 0.5) is 0 Å². The zero-order valence-corrected chi connectivity index (χ0v) is 12.8. The molecule has 0 aliphatic carbocycles. The predicted octanol–water partition coefficient (Wildman–Crippen LogP) is 2.20. The average Bonchev–Trinajstić information content (AvgIpc) is 2.73. The van der Waals surface area contributed by atoms with Crippen molar-refractivity contribution in [3.05, 3.63) is 46.8 Å². The lowest BCUT2D eigenvalue weighted by Crippen LogP contribution is -2.11. The largest absolute Gasteiger partial charge is 0.492 e. The molecular weight excluding hydrogens is 262 g/mol. The summed E-state index contributed by atoms with van der Waals surface area (Å²) >= 11 is 0. The topological polar surface area (TPSA) is 53.1 Å². The van der Waals surface area contributed by atoms with Crippen LogP contribution in [-0.2, 0) is 6.54 Å². The third-order valence-corrected chi connectivity index (χ3v) is 3.48. The first kappa shape index (κ1) is 15.1. The number of ether oxygens (including phenoxy) is 1. The fourth-order valence-electron chi connectivity index (χ4n) is 2.07. The van der Waals surface area contributed by atoms with Gasteiger partial charge in [0.15, 0.2) is 0 Å². The highest BCUT2D eigenvalue weighted by atomic mass is 16.5. The van der Waals surface area contributed by atoms with Crippen LogP contribution in [0.15, 0.2) is 24.3 Å². The normalized spacial score (nSPS) is 10.1. The Morgan fingerprint density at radius 1 is 1.29 bits per heavy atom.